The Balaban J connectivity index is 2.09. The molecule has 1 N–H and O–H groups in total. The lowest BCUT2D eigenvalue weighted by Crippen LogP contribution is -2.05. The molecule has 0 radical (unpaired) electrons. The van der Waals surface area contributed by atoms with Gasteiger partial charge in [0, 0.05) is 18.0 Å². The monoisotopic (exact) mass is 286 g/mol. The van der Waals surface area contributed by atoms with Gasteiger partial charge in [0.05, 0.1) is 20.8 Å². The lowest BCUT2D eigenvalue weighted by molar-refractivity contribution is 0.350. The van der Waals surface area contributed by atoms with Crippen LogP contribution >= 0.6 is 0 Å². The zero-order valence-corrected chi connectivity index (χ0v) is 13.0. The maximum atomic E-state index is 5.38. The maximum absolute atomic E-state index is 5.38. The molecule has 2 rings (SSSR count). The van der Waals surface area contributed by atoms with Crippen LogP contribution in [0.15, 0.2) is 36.5 Å². The van der Waals surface area contributed by atoms with Gasteiger partial charge in [-0.2, -0.15) is 0 Å². The van der Waals surface area contributed by atoms with Crippen LogP contribution in [0.1, 0.15) is 31.0 Å². The van der Waals surface area contributed by atoms with E-state index in [2.05, 4.69) is 48.4 Å². The topological polar surface area (TPSA) is 43.4 Å². The van der Waals surface area contributed by atoms with E-state index in [9.17, 15) is 0 Å². The average molecular weight is 286 g/mol. The van der Waals surface area contributed by atoms with E-state index in [1.165, 1.54) is 5.56 Å². The fourth-order valence-corrected chi connectivity index (χ4v) is 2.15. The van der Waals surface area contributed by atoms with Crippen LogP contribution in [0, 0.1) is 0 Å². The first kappa shape index (κ1) is 15.2. The van der Waals surface area contributed by atoms with E-state index in [1.54, 1.807) is 26.5 Å². The van der Waals surface area contributed by atoms with Crippen molar-refractivity contribution in [3.8, 4) is 11.5 Å². The van der Waals surface area contributed by atoms with Crippen molar-refractivity contribution in [3.63, 3.8) is 0 Å². The fourth-order valence-electron chi connectivity index (χ4n) is 2.15. The summed E-state index contributed by atoms with van der Waals surface area (Å²) in [5.74, 6) is 1.91. The van der Waals surface area contributed by atoms with E-state index < -0.39 is 0 Å². The molecule has 0 amide bonds. The number of anilines is 1. The summed E-state index contributed by atoms with van der Waals surface area (Å²) >= 11 is 0. The first-order chi connectivity index (χ1) is 10.2. The third-order valence-electron chi connectivity index (χ3n) is 3.40. The molecule has 0 aliphatic heterocycles. The zero-order valence-electron chi connectivity index (χ0n) is 13.0. The van der Waals surface area contributed by atoms with Gasteiger partial charge in [-0.1, -0.05) is 26.0 Å². The van der Waals surface area contributed by atoms with E-state index in [-0.39, 0.29) is 0 Å². The van der Waals surface area contributed by atoms with Gasteiger partial charge < -0.3 is 14.8 Å². The van der Waals surface area contributed by atoms with Gasteiger partial charge in [0.1, 0.15) is 5.69 Å². The van der Waals surface area contributed by atoms with Crippen molar-refractivity contribution < 1.29 is 9.47 Å². The first-order valence-corrected chi connectivity index (χ1v) is 7.05. The smallest absolute Gasteiger partial charge is 0.184 e. The van der Waals surface area contributed by atoms with Crippen molar-refractivity contribution in [2.45, 2.75) is 26.3 Å². The molecule has 0 saturated carbocycles. The van der Waals surface area contributed by atoms with Gasteiger partial charge in [0.15, 0.2) is 11.5 Å². The molecule has 0 fully saturated rings. The van der Waals surface area contributed by atoms with Gasteiger partial charge in [-0.15, -0.1) is 0 Å². The quantitative estimate of drug-likeness (QED) is 0.876. The first-order valence-electron chi connectivity index (χ1n) is 7.05. The maximum Gasteiger partial charge on any atom is 0.184 e. The number of nitrogens with one attached hydrogen (secondary N) is 1. The molecule has 112 valence electrons. The molecule has 2 aromatic rings. The van der Waals surface area contributed by atoms with E-state index in [4.69, 9.17) is 9.47 Å². The van der Waals surface area contributed by atoms with Crippen molar-refractivity contribution in [3.05, 3.63) is 47.8 Å². The van der Waals surface area contributed by atoms with Crippen LogP contribution in [0.5, 0.6) is 11.5 Å². The van der Waals surface area contributed by atoms with Crippen LogP contribution < -0.4 is 14.8 Å². The predicted molar refractivity (Wildman–Crippen MR) is 85.2 cm³/mol. The molecule has 0 aliphatic rings. The molecule has 1 aromatic carbocycles. The van der Waals surface area contributed by atoms with Gasteiger partial charge in [-0.3, -0.25) is 4.98 Å². The van der Waals surface area contributed by atoms with E-state index in [0.29, 0.717) is 24.0 Å². The van der Waals surface area contributed by atoms with Gasteiger partial charge in [0.2, 0.25) is 0 Å². The molecule has 4 heteroatoms. The lowest BCUT2D eigenvalue weighted by Gasteiger charge is -2.13. The number of hydrogen-bond donors (Lipinski definition) is 1. The molecule has 0 unspecified atom stereocenters. The van der Waals surface area contributed by atoms with Gasteiger partial charge >= 0.3 is 0 Å². The molecular weight excluding hydrogens is 264 g/mol. The van der Waals surface area contributed by atoms with Crippen molar-refractivity contribution >= 4 is 5.69 Å². The van der Waals surface area contributed by atoms with Gasteiger partial charge in [-0.25, -0.2) is 0 Å². The third kappa shape index (κ3) is 3.66. The standard InChI is InChI=1S/C17H22N2O2/c1-12(2)13-5-7-14(8-6-13)19-11-15-17(21-4)16(20-3)9-10-18-15/h5-10,12,19H,11H2,1-4H3. The van der Waals surface area contributed by atoms with Crippen LogP contribution in [0.3, 0.4) is 0 Å². The molecule has 0 spiro atoms. The van der Waals surface area contributed by atoms with Crippen molar-refractivity contribution in [1.29, 1.82) is 0 Å². The highest BCUT2D eigenvalue weighted by atomic mass is 16.5. The summed E-state index contributed by atoms with van der Waals surface area (Å²) < 4.78 is 10.7. The van der Waals surface area contributed by atoms with E-state index >= 15 is 0 Å². The zero-order chi connectivity index (χ0) is 15.2. The second kappa shape index (κ2) is 6.97. The summed E-state index contributed by atoms with van der Waals surface area (Å²) in [7, 11) is 3.25. The molecule has 0 atom stereocenters. The second-order valence-electron chi connectivity index (χ2n) is 5.12. The summed E-state index contributed by atoms with van der Waals surface area (Å²) in [6.07, 6.45) is 1.72. The van der Waals surface area contributed by atoms with E-state index in [0.717, 1.165) is 11.4 Å². The number of methoxy groups -OCH3 is 2. The van der Waals surface area contributed by atoms with Gasteiger partial charge in [-0.05, 0) is 23.6 Å². The third-order valence-corrected chi connectivity index (χ3v) is 3.40. The number of benzene rings is 1. The number of rotatable bonds is 6. The summed E-state index contributed by atoms with van der Waals surface area (Å²) in [6, 6.07) is 10.2. The molecule has 1 heterocycles. The number of hydrogen-bond acceptors (Lipinski definition) is 4. The number of nitrogens with zero attached hydrogens (tertiary/aromatic N) is 1. The summed E-state index contributed by atoms with van der Waals surface area (Å²) in [5, 5.41) is 3.36. The van der Waals surface area contributed by atoms with Crippen LogP contribution in [0.2, 0.25) is 0 Å². The van der Waals surface area contributed by atoms with Crippen LogP contribution in [0.25, 0.3) is 0 Å². The van der Waals surface area contributed by atoms with Gasteiger partial charge in [0.25, 0.3) is 0 Å². The Kier molecular flexibility index (Phi) is 5.04. The van der Waals surface area contributed by atoms with Crippen LogP contribution in [0.4, 0.5) is 5.69 Å². The van der Waals surface area contributed by atoms with E-state index in [1.807, 2.05) is 0 Å². The minimum atomic E-state index is 0.541. The minimum absolute atomic E-state index is 0.541. The summed E-state index contributed by atoms with van der Waals surface area (Å²) in [5.41, 5.74) is 3.22. The van der Waals surface area contributed by atoms with Crippen molar-refractivity contribution in [1.82, 2.24) is 4.98 Å². The lowest BCUT2D eigenvalue weighted by atomic mass is 10.0. The normalized spacial score (nSPS) is 10.5. The summed E-state index contributed by atoms with van der Waals surface area (Å²) in [4.78, 5) is 4.35. The SMILES string of the molecule is COc1ccnc(CNc2ccc(C(C)C)cc2)c1OC. The Morgan fingerprint density at radius 2 is 1.76 bits per heavy atom. The second-order valence-corrected chi connectivity index (χ2v) is 5.12. The Morgan fingerprint density at radius 3 is 2.33 bits per heavy atom. The fraction of sp³-hybridized carbons (Fsp3) is 0.353. The van der Waals surface area contributed by atoms with Crippen molar-refractivity contribution in [2.24, 2.45) is 0 Å². The van der Waals surface area contributed by atoms with Crippen LogP contribution in [-0.4, -0.2) is 19.2 Å². The Morgan fingerprint density at radius 1 is 1.05 bits per heavy atom. The number of ether oxygens (including phenoxy) is 2. The van der Waals surface area contributed by atoms with Crippen LogP contribution in [-0.2, 0) is 6.54 Å². The molecule has 0 bridgehead atoms. The highest BCUT2D eigenvalue weighted by molar-refractivity contribution is 5.48. The number of aromatic nitrogens is 1. The average Bonchev–Trinajstić information content (AvgIpc) is 2.52. The predicted octanol–water partition coefficient (Wildman–Crippen LogP) is 3.83. The Hall–Kier alpha value is -2.23. The highest BCUT2D eigenvalue weighted by Gasteiger charge is 2.10. The molecule has 4 nitrogen and oxygen atoms in total. The summed E-state index contributed by atoms with van der Waals surface area (Å²) in [6.45, 7) is 4.96. The molecular formula is C17H22N2O2. The minimum Gasteiger partial charge on any atom is -0.493 e. The number of pyridine rings is 1. The Bertz CT molecular complexity index is 580. The molecule has 0 saturated heterocycles. The molecule has 0 aliphatic carbocycles. The molecule has 1 aromatic heterocycles. The van der Waals surface area contributed by atoms with Crippen molar-refractivity contribution in [2.75, 3.05) is 19.5 Å². The molecule has 21 heavy (non-hydrogen) atoms. The largest absolute Gasteiger partial charge is 0.493 e. The Labute approximate surface area is 126 Å². The highest BCUT2D eigenvalue weighted by Crippen LogP contribution is 2.29.